The number of carbonyl (C=O) groups excluding carboxylic acids is 2. The summed E-state index contributed by atoms with van der Waals surface area (Å²) in [4.78, 5) is 37.1. The maximum atomic E-state index is 12.8. The molecular formula is C54H96NO7+. The van der Waals surface area contributed by atoms with Gasteiger partial charge in [0.1, 0.15) is 6.61 Å². The van der Waals surface area contributed by atoms with E-state index in [2.05, 4.69) is 74.6 Å². The fourth-order valence-electron chi connectivity index (χ4n) is 7.25. The molecule has 0 aromatic heterocycles. The van der Waals surface area contributed by atoms with Crippen LogP contribution in [0.5, 0.6) is 0 Å². The average molecular weight is 871 g/mol. The van der Waals surface area contributed by atoms with Gasteiger partial charge in [0.25, 0.3) is 0 Å². The topological polar surface area (TPSA) is 99.1 Å². The van der Waals surface area contributed by atoms with Crippen molar-refractivity contribution in [3.8, 4) is 0 Å². The third kappa shape index (κ3) is 42.3. The Balaban J connectivity index is 4.29. The maximum absolute atomic E-state index is 12.8. The summed E-state index contributed by atoms with van der Waals surface area (Å²) in [6.45, 7) is 4.62. The summed E-state index contributed by atoms with van der Waals surface area (Å²) < 4.78 is 17.3. The molecule has 8 nitrogen and oxygen atoms in total. The van der Waals surface area contributed by atoms with Crippen LogP contribution in [-0.2, 0) is 28.6 Å². The normalized spacial score (nSPS) is 13.4. The average Bonchev–Trinajstić information content (AvgIpc) is 3.23. The van der Waals surface area contributed by atoms with Crippen LogP contribution in [0.15, 0.2) is 60.8 Å². The first-order valence-electron chi connectivity index (χ1n) is 25.3. The molecule has 0 amide bonds. The number of carboxylic acids is 1. The summed E-state index contributed by atoms with van der Waals surface area (Å²) >= 11 is 0. The number of nitrogens with zero attached hydrogens (tertiary/aromatic N) is 1. The van der Waals surface area contributed by atoms with Crippen molar-refractivity contribution in [2.24, 2.45) is 0 Å². The van der Waals surface area contributed by atoms with Crippen LogP contribution in [0.25, 0.3) is 0 Å². The summed E-state index contributed by atoms with van der Waals surface area (Å²) in [7, 11) is 5.53. The molecule has 8 heteroatoms. The fourth-order valence-corrected chi connectivity index (χ4v) is 7.25. The Bertz CT molecular complexity index is 1200. The molecule has 0 rings (SSSR count). The first kappa shape index (κ1) is 59.0. The molecule has 0 fully saturated rings. The van der Waals surface area contributed by atoms with Crippen LogP contribution in [0.3, 0.4) is 0 Å². The lowest BCUT2D eigenvalue weighted by molar-refractivity contribution is -0.887. The molecule has 0 aliphatic heterocycles. The van der Waals surface area contributed by atoms with Gasteiger partial charge < -0.3 is 23.8 Å². The second kappa shape index (κ2) is 44.6. The highest BCUT2D eigenvalue weighted by Gasteiger charge is 2.31. The van der Waals surface area contributed by atoms with Crippen molar-refractivity contribution >= 4 is 17.9 Å². The number of likely N-dealkylation sites (N-methyl/N-ethyl adjacent to an activating group) is 1. The van der Waals surface area contributed by atoms with E-state index in [1.165, 1.54) is 103 Å². The van der Waals surface area contributed by atoms with Gasteiger partial charge in [-0.05, 0) is 77.0 Å². The number of rotatable bonds is 45. The van der Waals surface area contributed by atoms with Crippen molar-refractivity contribution in [1.82, 2.24) is 0 Å². The van der Waals surface area contributed by atoms with Gasteiger partial charge in [-0.25, -0.2) is 4.79 Å². The number of hydrogen-bond donors (Lipinski definition) is 1. The molecule has 62 heavy (non-hydrogen) atoms. The number of carboxylic acid groups (broad SMARTS) is 1. The summed E-state index contributed by atoms with van der Waals surface area (Å²) in [5, 5.41) is 9.65. The lowest BCUT2D eigenvalue weighted by Gasteiger charge is -2.31. The first-order valence-corrected chi connectivity index (χ1v) is 25.3. The van der Waals surface area contributed by atoms with E-state index in [9.17, 15) is 19.5 Å². The Kier molecular flexibility index (Phi) is 42.5. The van der Waals surface area contributed by atoms with E-state index in [4.69, 9.17) is 14.2 Å². The summed E-state index contributed by atoms with van der Waals surface area (Å²) in [5.74, 6) is -1.49. The van der Waals surface area contributed by atoms with Gasteiger partial charge in [-0.15, -0.1) is 0 Å². The lowest BCUT2D eigenvalue weighted by Crippen LogP contribution is -2.50. The SMILES string of the molecule is CC/C=C/C/C=C/C/C=C/C/C=C/CCCCCCCCC(=O)OC(COCCC(C(=O)O)[N+](C)(C)C)COC(=O)CCCCCCCCC/C=C/CCCCCCCCCC. The number of ether oxygens (including phenoxy) is 3. The lowest BCUT2D eigenvalue weighted by atomic mass is 10.1. The second-order valence-electron chi connectivity index (χ2n) is 18.0. The van der Waals surface area contributed by atoms with Crippen molar-refractivity contribution in [3.05, 3.63) is 60.8 Å². The quantitative estimate of drug-likeness (QED) is 0.0282. The number of aliphatic carboxylic acids is 1. The molecule has 0 saturated carbocycles. The molecule has 0 aliphatic rings. The van der Waals surface area contributed by atoms with E-state index >= 15 is 0 Å². The van der Waals surface area contributed by atoms with Crippen molar-refractivity contribution < 1.29 is 38.2 Å². The number of esters is 2. The molecule has 0 aromatic rings. The highest BCUT2D eigenvalue weighted by atomic mass is 16.6. The molecule has 0 radical (unpaired) electrons. The Labute approximate surface area is 381 Å². The van der Waals surface area contributed by atoms with Gasteiger partial charge in [-0.2, -0.15) is 0 Å². The molecule has 2 atom stereocenters. The monoisotopic (exact) mass is 871 g/mol. The summed E-state index contributed by atoms with van der Waals surface area (Å²) in [6, 6.07) is -0.620. The molecule has 2 unspecified atom stereocenters. The van der Waals surface area contributed by atoms with Crippen LogP contribution in [-0.4, -0.2) is 80.6 Å². The Hall–Kier alpha value is -2.97. The molecule has 0 bridgehead atoms. The molecule has 1 N–H and O–H groups in total. The van der Waals surface area contributed by atoms with Gasteiger partial charge in [0.15, 0.2) is 12.1 Å². The van der Waals surface area contributed by atoms with Crippen molar-refractivity contribution in [1.29, 1.82) is 0 Å². The number of quaternary nitrogens is 1. The van der Waals surface area contributed by atoms with Crippen LogP contribution in [0.4, 0.5) is 0 Å². The van der Waals surface area contributed by atoms with Crippen LogP contribution in [0.1, 0.15) is 213 Å². The molecule has 0 heterocycles. The second-order valence-corrected chi connectivity index (χ2v) is 18.0. The maximum Gasteiger partial charge on any atom is 0.362 e. The zero-order valence-electron chi connectivity index (χ0n) is 40.8. The van der Waals surface area contributed by atoms with Gasteiger partial charge in [0, 0.05) is 19.3 Å². The van der Waals surface area contributed by atoms with Crippen molar-refractivity contribution in [2.45, 2.75) is 225 Å². The highest BCUT2D eigenvalue weighted by Crippen LogP contribution is 2.15. The van der Waals surface area contributed by atoms with E-state index in [0.29, 0.717) is 19.3 Å². The summed E-state index contributed by atoms with van der Waals surface area (Å²) in [6.07, 6.45) is 55.5. The molecule has 0 aromatic carbocycles. The zero-order chi connectivity index (χ0) is 45.6. The predicted octanol–water partition coefficient (Wildman–Crippen LogP) is 14.5. The van der Waals surface area contributed by atoms with Crippen LogP contribution < -0.4 is 0 Å². The molecule has 0 saturated heterocycles. The van der Waals surface area contributed by atoms with E-state index in [0.717, 1.165) is 77.0 Å². The van der Waals surface area contributed by atoms with Crippen LogP contribution >= 0.6 is 0 Å². The smallest absolute Gasteiger partial charge is 0.362 e. The van der Waals surface area contributed by atoms with Gasteiger partial charge >= 0.3 is 17.9 Å². The van der Waals surface area contributed by atoms with E-state index in [1.54, 1.807) is 0 Å². The highest BCUT2D eigenvalue weighted by molar-refractivity contribution is 5.72. The minimum Gasteiger partial charge on any atom is -0.477 e. The van der Waals surface area contributed by atoms with E-state index in [1.807, 2.05) is 21.1 Å². The third-order valence-corrected chi connectivity index (χ3v) is 11.2. The summed E-state index contributed by atoms with van der Waals surface area (Å²) in [5.41, 5.74) is 0. The van der Waals surface area contributed by atoms with Gasteiger partial charge in [-0.1, -0.05) is 177 Å². The van der Waals surface area contributed by atoms with Crippen LogP contribution in [0.2, 0.25) is 0 Å². The van der Waals surface area contributed by atoms with Gasteiger partial charge in [0.2, 0.25) is 0 Å². The van der Waals surface area contributed by atoms with Crippen molar-refractivity contribution in [2.75, 3.05) is 41.0 Å². The number of carbonyl (C=O) groups is 3. The Morgan fingerprint density at radius 3 is 1.35 bits per heavy atom. The van der Waals surface area contributed by atoms with Crippen molar-refractivity contribution in [3.63, 3.8) is 0 Å². The number of allylic oxidation sites excluding steroid dienone is 10. The van der Waals surface area contributed by atoms with Gasteiger partial charge in [-0.3, -0.25) is 9.59 Å². The minimum atomic E-state index is -0.879. The Morgan fingerprint density at radius 2 is 0.903 bits per heavy atom. The fraction of sp³-hybridized carbons (Fsp3) is 0.759. The number of unbranched alkanes of at least 4 members (excludes halogenated alkanes) is 21. The third-order valence-electron chi connectivity index (χ3n) is 11.2. The Morgan fingerprint density at radius 1 is 0.500 bits per heavy atom. The van der Waals surface area contributed by atoms with Gasteiger partial charge in [0.05, 0.1) is 34.4 Å². The van der Waals surface area contributed by atoms with Crippen LogP contribution in [0, 0.1) is 0 Å². The minimum absolute atomic E-state index is 0.0524. The largest absolute Gasteiger partial charge is 0.477 e. The first-order chi connectivity index (χ1) is 30.1. The number of hydrogen-bond acceptors (Lipinski definition) is 6. The molecule has 0 spiro atoms. The standard InChI is InChI=1S/C54H95NO7/c1-6-8-10-12-14-16-18-20-22-24-26-28-30-32-34-36-38-40-42-44-52(56)61-49-50(48-60-47-46-51(54(58)59)55(3,4)5)62-53(57)45-43-41-39-37-35-33-31-29-27-25-23-21-19-17-15-13-11-9-7-2/h9,11,15,17,21,23-24,26-27,29,50-51H,6-8,10,12-14,16,18-20,22,25,28,30-49H2,1-5H3/p+1/b11-9+,17-15+,23-21+,26-24+,29-27+. The molecular weight excluding hydrogens is 775 g/mol. The van der Waals surface area contributed by atoms with E-state index < -0.39 is 18.1 Å². The molecule has 358 valence electrons. The van der Waals surface area contributed by atoms with E-state index in [-0.39, 0.29) is 36.2 Å². The molecule has 0 aliphatic carbocycles. The zero-order valence-corrected chi connectivity index (χ0v) is 40.8. The predicted molar refractivity (Wildman–Crippen MR) is 261 cm³/mol.